The summed E-state index contributed by atoms with van der Waals surface area (Å²) in [6, 6.07) is 25.5. The number of piperidine rings is 1. The number of carbonyl (C=O) groups excluding carboxylic acids is 2. The molecule has 170 valence electrons. The summed E-state index contributed by atoms with van der Waals surface area (Å²) >= 11 is 1.70. The topological polar surface area (TPSA) is 61.4 Å². The summed E-state index contributed by atoms with van der Waals surface area (Å²) in [5.74, 6) is 0.132. The summed E-state index contributed by atoms with van der Waals surface area (Å²) in [6.45, 7) is 1.88. The van der Waals surface area contributed by atoms with Gasteiger partial charge < -0.3 is 15.5 Å². The molecule has 0 bridgehead atoms. The van der Waals surface area contributed by atoms with Crippen molar-refractivity contribution in [2.45, 2.75) is 30.2 Å². The number of nitrogens with one attached hydrogen (secondary N) is 2. The van der Waals surface area contributed by atoms with Crippen molar-refractivity contribution in [1.29, 1.82) is 0 Å². The Morgan fingerprint density at radius 2 is 1.79 bits per heavy atom. The molecule has 5 nitrogen and oxygen atoms in total. The standard InChI is InChI=1S/C27H29N3O2S/c1-33-25-14-12-20(13-15-25)18-28-26(31)22-8-5-7-21(17-22)23-9-6-16-30(19-23)27(32)29-24-10-3-2-4-11-24/h2-5,7-8,10-15,17,23H,6,9,16,18-19H2,1H3,(H,28,31)(H,29,32)/t23-/m0/s1. The first-order valence-corrected chi connectivity index (χ1v) is 12.5. The number of carbonyl (C=O) groups is 2. The van der Waals surface area contributed by atoms with Gasteiger partial charge in [0.1, 0.15) is 0 Å². The predicted octanol–water partition coefficient (Wildman–Crippen LogP) is 5.75. The summed E-state index contributed by atoms with van der Waals surface area (Å²) in [5.41, 5.74) is 3.62. The molecule has 1 aliphatic heterocycles. The lowest BCUT2D eigenvalue weighted by Crippen LogP contribution is -2.41. The third-order valence-corrected chi connectivity index (χ3v) is 6.71. The Balaban J connectivity index is 1.36. The van der Waals surface area contributed by atoms with Crippen LogP contribution in [-0.4, -0.2) is 36.2 Å². The van der Waals surface area contributed by atoms with Gasteiger partial charge >= 0.3 is 6.03 Å². The van der Waals surface area contributed by atoms with Crippen molar-refractivity contribution in [1.82, 2.24) is 10.2 Å². The highest BCUT2D eigenvalue weighted by molar-refractivity contribution is 7.98. The number of thioether (sulfide) groups is 1. The molecule has 1 fully saturated rings. The quantitative estimate of drug-likeness (QED) is 0.462. The van der Waals surface area contributed by atoms with Crippen LogP contribution in [0.3, 0.4) is 0 Å². The molecule has 1 aliphatic rings. The van der Waals surface area contributed by atoms with Gasteiger partial charge in [-0.05, 0) is 66.6 Å². The van der Waals surface area contributed by atoms with Crippen LogP contribution in [0.2, 0.25) is 0 Å². The molecule has 0 unspecified atom stereocenters. The molecular formula is C27H29N3O2S. The average Bonchev–Trinajstić information content (AvgIpc) is 2.88. The largest absolute Gasteiger partial charge is 0.348 e. The van der Waals surface area contributed by atoms with Crippen molar-refractivity contribution < 1.29 is 9.59 Å². The fourth-order valence-corrected chi connectivity index (χ4v) is 4.53. The molecule has 1 atom stereocenters. The maximum Gasteiger partial charge on any atom is 0.321 e. The first-order valence-electron chi connectivity index (χ1n) is 11.2. The van der Waals surface area contributed by atoms with Gasteiger partial charge in [0.2, 0.25) is 0 Å². The van der Waals surface area contributed by atoms with Gasteiger partial charge in [-0.1, -0.05) is 42.5 Å². The van der Waals surface area contributed by atoms with Crippen molar-refractivity contribution in [2.75, 3.05) is 24.7 Å². The van der Waals surface area contributed by atoms with Crippen molar-refractivity contribution in [2.24, 2.45) is 0 Å². The van der Waals surface area contributed by atoms with Gasteiger partial charge in [0.05, 0.1) is 0 Å². The van der Waals surface area contributed by atoms with Crippen LogP contribution in [0.1, 0.15) is 40.2 Å². The molecule has 0 radical (unpaired) electrons. The van der Waals surface area contributed by atoms with Crippen molar-refractivity contribution in [3.8, 4) is 0 Å². The lowest BCUT2D eigenvalue weighted by Gasteiger charge is -2.33. The fraction of sp³-hybridized carbons (Fsp3) is 0.259. The number of anilines is 1. The van der Waals surface area contributed by atoms with E-state index in [1.807, 2.05) is 71.8 Å². The van der Waals surface area contributed by atoms with Crippen LogP contribution in [0.15, 0.2) is 83.8 Å². The van der Waals surface area contributed by atoms with E-state index in [0.29, 0.717) is 18.7 Å². The Morgan fingerprint density at radius 3 is 2.55 bits per heavy atom. The van der Waals surface area contributed by atoms with Crippen molar-refractivity contribution in [3.05, 3.63) is 95.6 Å². The van der Waals surface area contributed by atoms with E-state index >= 15 is 0 Å². The van der Waals surface area contributed by atoms with E-state index < -0.39 is 0 Å². The second kappa shape index (κ2) is 11.1. The van der Waals surface area contributed by atoms with E-state index in [1.165, 1.54) is 4.90 Å². The van der Waals surface area contributed by atoms with E-state index in [4.69, 9.17) is 0 Å². The van der Waals surface area contributed by atoms with Crippen LogP contribution in [0.25, 0.3) is 0 Å². The van der Waals surface area contributed by atoms with Crippen LogP contribution in [0, 0.1) is 0 Å². The second-order valence-electron chi connectivity index (χ2n) is 8.24. The van der Waals surface area contributed by atoms with Crippen LogP contribution >= 0.6 is 11.8 Å². The van der Waals surface area contributed by atoms with Crippen LogP contribution in [0.5, 0.6) is 0 Å². The Bertz CT molecular complexity index is 1090. The lowest BCUT2D eigenvalue weighted by atomic mass is 9.89. The number of amides is 3. The molecule has 0 aromatic heterocycles. The summed E-state index contributed by atoms with van der Waals surface area (Å²) in [5, 5.41) is 5.99. The second-order valence-corrected chi connectivity index (χ2v) is 9.12. The SMILES string of the molecule is CSc1ccc(CNC(=O)c2cccc([C@H]3CCCN(C(=O)Nc4ccccc4)C3)c2)cc1. The van der Waals surface area contributed by atoms with Crippen LogP contribution in [0.4, 0.5) is 10.5 Å². The molecule has 0 spiro atoms. The number of hydrogen-bond donors (Lipinski definition) is 2. The van der Waals surface area contributed by atoms with Gasteiger partial charge in [0.15, 0.2) is 0 Å². The number of urea groups is 1. The van der Waals surface area contributed by atoms with Crippen LogP contribution < -0.4 is 10.6 Å². The Morgan fingerprint density at radius 1 is 1.00 bits per heavy atom. The molecule has 0 saturated carbocycles. The molecule has 1 heterocycles. The summed E-state index contributed by atoms with van der Waals surface area (Å²) < 4.78 is 0. The Labute approximate surface area is 199 Å². The van der Waals surface area contributed by atoms with Gasteiger partial charge in [-0.2, -0.15) is 0 Å². The first kappa shape index (κ1) is 22.9. The third kappa shape index (κ3) is 6.17. The predicted molar refractivity (Wildman–Crippen MR) is 135 cm³/mol. The third-order valence-electron chi connectivity index (χ3n) is 5.97. The highest BCUT2D eigenvalue weighted by atomic mass is 32.2. The van der Waals surface area contributed by atoms with Crippen molar-refractivity contribution >= 4 is 29.4 Å². The zero-order chi connectivity index (χ0) is 23.0. The minimum absolute atomic E-state index is 0.0766. The maximum absolute atomic E-state index is 12.8. The van der Waals surface area contributed by atoms with E-state index in [9.17, 15) is 9.59 Å². The zero-order valence-corrected chi connectivity index (χ0v) is 19.6. The first-order chi connectivity index (χ1) is 16.1. The molecule has 3 aromatic rings. The molecule has 4 rings (SSSR count). The normalized spacial score (nSPS) is 15.7. The minimum Gasteiger partial charge on any atom is -0.348 e. The highest BCUT2D eigenvalue weighted by Crippen LogP contribution is 2.28. The number of benzene rings is 3. The van der Waals surface area contributed by atoms with E-state index in [0.717, 1.165) is 36.2 Å². The van der Waals surface area contributed by atoms with E-state index in [1.54, 1.807) is 11.8 Å². The average molecular weight is 460 g/mol. The summed E-state index contributed by atoms with van der Waals surface area (Å²) in [7, 11) is 0. The molecule has 0 aliphatic carbocycles. The molecule has 1 saturated heterocycles. The van der Waals surface area contributed by atoms with Crippen molar-refractivity contribution in [3.63, 3.8) is 0 Å². The summed E-state index contributed by atoms with van der Waals surface area (Å²) in [6.07, 6.45) is 3.99. The number of para-hydroxylation sites is 1. The van der Waals surface area contributed by atoms with E-state index in [-0.39, 0.29) is 17.9 Å². The molecular weight excluding hydrogens is 430 g/mol. The van der Waals surface area contributed by atoms with Crippen LogP contribution in [-0.2, 0) is 6.54 Å². The van der Waals surface area contributed by atoms with Gasteiger partial charge in [-0.3, -0.25) is 4.79 Å². The number of rotatable bonds is 6. The molecule has 33 heavy (non-hydrogen) atoms. The number of likely N-dealkylation sites (tertiary alicyclic amines) is 1. The molecule has 6 heteroatoms. The van der Waals surface area contributed by atoms with Gasteiger partial charge in [0, 0.05) is 41.7 Å². The smallest absolute Gasteiger partial charge is 0.321 e. The van der Waals surface area contributed by atoms with Gasteiger partial charge in [-0.15, -0.1) is 11.8 Å². The maximum atomic E-state index is 12.8. The zero-order valence-electron chi connectivity index (χ0n) is 18.8. The highest BCUT2D eigenvalue weighted by Gasteiger charge is 2.25. The molecule has 3 aromatic carbocycles. The molecule has 3 amide bonds. The lowest BCUT2D eigenvalue weighted by molar-refractivity contribution is 0.0950. The minimum atomic E-state index is -0.0831. The monoisotopic (exact) mass is 459 g/mol. The number of nitrogens with zero attached hydrogens (tertiary/aromatic N) is 1. The Hall–Kier alpha value is -3.25. The fourth-order valence-electron chi connectivity index (χ4n) is 4.12. The summed E-state index contributed by atoms with van der Waals surface area (Å²) in [4.78, 5) is 28.6. The van der Waals surface area contributed by atoms with Gasteiger partial charge in [-0.25, -0.2) is 4.79 Å². The Kier molecular flexibility index (Phi) is 7.68. The number of hydrogen-bond acceptors (Lipinski definition) is 3. The molecule has 2 N–H and O–H groups in total. The van der Waals surface area contributed by atoms with Gasteiger partial charge in [0.25, 0.3) is 5.91 Å². The van der Waals surface area contributed by atoms with E-state index in [2.05, 4.69) is 28.8 Å².